The fourth-order valence-corrected chi connectivity index (χ4v) is 1.11. The van der Waals surface area contributed by atoms with E-state index in [1.807, 2.05) is 0 Å². The number of carbonyl (C=O) groups is 1. The van der Waals surface area contributed by atoms with Crippen molar-refractivity contribution in [2.24, 2.45) is 5.73 Å². The molecule has 1 heterocycles. The number of rotatable bonds is 1. The minimum Gasteiger partial charge on any atom is -0.479 e. The SMILES string of the molecule is N[C@@H]1O[C@@H](C(=O)O)[C@@H](O)[C@H](O)C1O. The highest BCUT2D eigenvalue weighted by Crippen LogP contribution is 2.18. The summed E-state index contributed by atoms with van der Waals surface area (Å²) in [5.74, 6) is -1.44. The van der Waals surface area contributed by atoms with Gasteiger partial charge in [0.05, 0.1) is 0 Å². The third-order valence-corrected chi connectivity index (χ3v) is 1.89. The molecule has 7 nitrogen and oxygen atoms in total. The van der Waals surface area contributed by atoms with Crippen LogP contribution in [0.15, 0.2) is 0 Å². The highest BCUT2D eigenvalue weighted by molar-refractivity contribution is 5.73. The van der Waals surface area contributed by atoms with E-state index in [2.05, 4.69) is 4.74 Å². The van der Waals surface area contributed by atoms with Crippen LogP contribution in [0, 0.1) is 0 Å². The van der Waals surface area contributed by atoms with Crippen LogP contribution in [0.5, 0.6) is 0 Å². The zero-order chi connectivity index (χ0) is 10.2. The molecule has 1 fully saturated rings. The highest BCUT2D eigenvalue weighted by Gasteiger charge is 2.45. The van der Waals surface area contributed by atoms with E-state index in [1.165, 1.54) is 0 Å². The van der Waals surface area contributed by atoms with E-state index < -0.39 is 36.6 Å². The lowest BCUT2D eigenvalue weighted by Gasteiger charge is -2.36. The lowest BCUT2D eigenvalue weighted by Crippen LogP contribution is -2.62. The van der Waals surface area contributed by atoms with Crippen LogP contribution in [0.3, 0.4) is 0 Å². The largest absolute Gasteiger partial charge is 0.479 e. The number of ether oxygens (including phenoxy) is 1. The van der Waals surface area contributed by atoms with Crippen LogP contribution in [-0.4, -0.2) is 57.0 Å². The van der Waals surface area contributed by atoms with Crippen LogP contribution >= 0.6 is 0 Å². The Balaban J connectivity index is 2.76. The number of hydrogen-bond acceptors (Lipinski definition) is 6. The second kappa shape index (κ2) is 3.56. The maximum absolute atomic E-state index is 10.4. The summed E-state index contributed by atoms with van der Waals surface area (Å²) in [6.45, 7) is 0. The molecule has 7 heteroatoms. The van der Waals surface area contributed by atoms with Crippen LogP contribution in [0.25, 0.3) is 0 Å². The Morgan fingerprint density at radius 2 is 1.69 bits per heavy atom. The summed E-state index contributed by atoms with van der Waals surface area (Å²) in [6.07, 6.45) is -7.67. The van der Waals surface area contributed by atoms with Gasteiger partial charge in [0.25, 0.3) is 0 Å². The topological polar surface area (TPSA) is 133 Å². The Bertz CT molecular complexity index is 209. The second-order valence-corrected chi connectivity index (χ2v) is 2.83. The smallest absolute Gasteiger partial charge is 0.335 e. The molecule has 0 bridgehead atoms. The quantitative estimate of drug-likeness (QED) is 0.296. The molecule has 0 saturated carbocycles. The summed E-state index contributed by atoms with van der Waals surface area (Å²) in [7, 11) is 0. The number of aliphatic hydroxyl groups is 3. The first kappa shape index (κ1) is 10.4. The summed E-state index contributed by atoms with van der Waals surface area (Å²) in [5, 5.41) is 35.8. The van der Waals surface area contributed by atoms with Gasteiger partial charge < -0.3 is 30.9 Å². The molecule has 0 aliphatic carbocycles. The van der Waals surface area contributed by atoms with E-state index in [1.54, 1.807) is 0 Å². The van der Waals surface area contributed by atoms with Crippen molar-refractivity contribution in [1.29, 1.82) is 0 Å². The van der Waals surface area contributed by atoms with Crippen molar-refractivity contribution in [2.75, 3.05) is 0 Å². The number of hydrogen-bond donors (Lipinski definition) is 5. The molecule has 0 aromatic heterocycles. The summed E-state index contributed by atoms with van der Waals surface area (Å²) < 4.78 is 4.56. The molecule has 1 rings (SSSR count). The average molecular weight is 193 g/mol. The fourth-order valence-electron chi connectivity index (χ4n) is 1.11. The molecule has 0 amide bonds. The van der Waals surface area contributed by atoms with Crippen molar-refractivity contribution < 1.29 is 30.0 Å². The third kappa shape index (κ3) is 1.79. The van der Waals surface area contributed by atoms with Crippen LogP contribution < -0.4 is 5.73 Å². The Hall–Kier alpha value is -0.730. The monoisotopic (exact) mass is 193 g/mol. The Morgan fingerprint density at radius 3 is 2.15 bits per heavy atom. The van der Waals surface area contributed by atoms with Crippen molar-refractivity contribution >= 4 is 5.97 Å². The van der Waals surface area contributed by atoms with E-state index in [9.17, 15) is 4.79 Å². The Morgan fingerprint density at radius 1 is 1.15 bits per heavy atom. The van der Waals surface area contributed by atoms with Crippen LogP contribution in [0.4, 0.5) is 0 Å². The maximum atomic E-state index is 10.4. The van der Waals surface area contributed by atoms with Crippen molar-refractivity contribution in [2.45, 2.75) is 30.6 Å². The van der Waals surface area contributed by atoms with Crippen molar-refractivity contribution in [3.8, 4) is 0 Å². The molecule has 0 aromatic carbocycles. The minimum absolute atomic E-state index is 1.31. The van der Waals surface area contributed by atoms with Gasteiger partial charge in [0, 0.05) is 0 Å². The van der Waals surface area contributed by atoms with Gasteiger partial charge in [-0.05, 0) is 0 Å². The first-order chi connectivity index (χ1) is 5.95. The molecule has 1 unspecified atom stereocenters. The third-order valence-electron chi connectivity index (χ3n) is 1.89. The molecular formula is C6H11NO6. The number of carboxylic acids is 1. The molecule has 76 valence electrons. The standard InChI is InChI=1S/C6H11NO6/c7-5-3(10)1(8)2(9)4(13-5)6(11)12/h1-5,8-10H,7H2,(H,11,12)/t1-,2-,3?,4+,5+/m0/s1. The van der Waals surface area contributed by atoms with Gasteiger partial charge >= 0.3 is 5.97 Å². The number of aliphatic hydroxyl groups excluding tert-OH is 3. The molecule has 1 saturated heterocycles. The predicted molar refractivity (Wildman–Crippen MR) is 38.5 cm³/mol. The molecule has 1 aliphatic rings. The molecule has 0 aromatic rings. The van der Waals surface area contributed by atoms with E-state index in [4.69, 9.17) is 26.2 Å². The number of aliphatic carboxylic acids is 1. The fraction of sp³-hybridized carbons (Fsp3) is 0.833. The predicted octanol–water partition coefficient (Wildman–Crippen LogP) is -3.16. The lowest BCUT2D eigenvalue weighted by molar-refractivity contribution is -0.226. The summed E-state index contributed by atoms with van der Waals surface area (Å²) in [4.78, 5) is 10.4. The molecule has 13 heavy (non-hydrogen) atoms. The van der Waals surface area contributed by atoms with E-state index >= 15 is 0 Å². The maximum Gasteiger partial charge on any atom is 0.335 e. The summed E-state index contributed by atoms with van der Waals surface area (Å²) >= 11 is 0. The van der Waals surface area contributed by atoms with Crippen molar-refractivity contribution in [3.63, 3.8) is 0 Å². The highest BCUT2D eigenvalue weighted by atomic mass is 16.6. The summed E-state index contributed by atoms with van der Waals surface area (Å²) in [5.41, 5.74) is 5.15. The number of nitrogens with two attached hydrogens (primary N) is 1. The van der Waals surface area contributed by atoms with Crippen LogP contribution in [-0.2, 0) is 9.53 Å². The molecule has 1 aliphatic heterocycles. The van der Waals surface area contributed by atoms with Gasteiger partial charge in [0.15, 0.2) is 6.10 Å². The van der Waals surface area contributed by atoms with Gasteiger partial charge in [0.1, 0.15) is 24.5 Å². The van der Waals surface area contributed by atoms with Gasteiger partial charge in [-0.2, -0.15) is 0 Å². The lowest BCUT2D eigenvalue weighted by atomic mass is 9.98. The first-order valence-corrected chi connectivity index (χ1v) is 3.63. The van der Waals surface area contributed by atoms with Gasteiger partial charge in [-0.25, -0.2) is 4.79 Å². The van der Waals surface area contributed by atoms with E-state index in [0.29, 0.717) is 0 Å². The Kier molecular flexibility index (Phi) is 2.84. The van der Waals surface area contributed by atoms with Crippen molar-refractivity contribution in [3.05, 3.63) is 0 Å². The zero-order valence-corrected chi connectivity index (χ0v) is 6.57. The second-order valence-electron chi connectivity index (χ2n) is 2.83. The normalized spacial score (nSPS) is 46.0. The molecule has 0 radical (unpaired) electrons. The first-order valence-electron chi connectivity index (χ1n) is 3.63. The van der Waals surface area contributed by atoms with Gasteiger partial charge in [-0.1, -0.05) is 0 Å². The summed E-state index contributed by atoms with van der Waals surface area (Å²) in [6, 6.07) is 0. The Labute approximate surface area is 73.4 Å². The molecule has 5 atom stereocenters. The van der Waals surface area contributed by atoms with Gasteiger partial charge in [0.2, 0.25) is 0 Å². The van der Waals surface area contributed by atoms with Gasteiger partial charge in [-0.3, -0.25) is 0 Å². The van der Waals surface area contributed by atoms with Crippen molar-refractivity contribution in [1.82, 2.24) is 0 Å². The molecular weight excluding hydrogens is 182 g/mol. The average Bonchev–Trinajstić information content (AvgIpc) is 2.07. The van der Waals surface area contributed by atoms with Gasteiger partial charge in [-0.15, -0.1) is 0 Å². The molecule has 6 N–H and O–H groups in total. The zero-order valence-electron chi connectivity index (χ0n) is 6.57. The number of carboxylic acid groups (broad SMARTS) is 1. The van der Waals surface area contributed by atoms with E-state index in [-0.39, 0.29) is 0 Å². The van der Waals surface area contributed by atoms with E-state index in [0.717, 1.165) is 0 Å². The van der Waals surface area contributed by atoms with Crippen LogP contribution in [0.2, 0.25) is 0 Å². The van der Waals surface area contributed by atoms with Crippen LogP contribution in [0.1, 0.15) is 0 Å². The molecule has 0 spiro atoms. The minimum atomic E-state index is -1.67.